The summed E-state index contributed by atoms with van der Waals surface area (Å²) in [6.07, 6.45) is 7.54. The van der Waals surface area contributed by atoms with Gasteiger partial charge in [0.1, 0.15) is 6.15 Å². The van der Waals surface area contributed by atoms with E-state index >= 15 is 0 Å². The van der Waals surface area contributed by atoms with Crippen LogP contribution in [0.4, 0.5) is 13.2 Å². The Balaban J connectivity index is 1.64. The van der Waals surface area contributed by atoms with Gasteiger partial charge in [-0.1, -0.05) is 44.7 Å². The minimum absolute atomic E-state index is 0.145. The van der Waals surface area contributed by atoms with Gasteiger partial charge in [-0.2, -0.15) is 0 Å². The average Bonchev–Trinajstić information content (AvgIpc) is 2.70. The molecule has 2 saturated carbocycles. The molecule has 1 aromatic rings. The Morgan fingerprint density at radius 3 is 2.19 bits per heavy atom. The third-order valence-electron chi connectivity index (χ3n) is 6.82. The van der Waals surface area contributed by atoms with Gasteiger partial charge in [0.15, 0.2) is 11.6 Å². The molecule has 146 valence electrons. The van der Waals surface area contributed by atoms with E-state index in [1.165, 1.54) is 44.6 Å². The van der Waals surface area contributed by atoms with Gasteiger partial charge in [-0.25, -0.2) is 13.2 Å². The molecule has 1 atom stereocenters. The van der Waals surface area contributed by atoms with E-state index in [1.807, 2.05) is 0 Å². The maximum absolute atomic E-state index is 14.7. The first-order valence-corrected chi connectivity index (χ1v) is 10.2. The van der Waals surface area contributed by atoms with E-state index in [1.54, 1.807) is 0 Å². The van der Waals surface area contributed by atoms with Crippen molar-refractivity contribution in [3.8, 4) is 0 Å². The lowest BCUT2D eigenvalue weighted by Crippen LogP contribution is -2.25. The molecule has 3 rings (SSSR count). The molecule has 0 radical (unpaired) electrons. The Bertz CT molecular complexity index is 716. The molecule has 0 amide bonds. The molecule has 0 bridgehead atoms. The van der Waals surface area contributed by atoms with E-state index < -0.39 is 30.2 Å². The van der Waals surface area contributed by atoms with Crippen molar-refractivity contribution in [1.82, 2.24) is 0 Å². The standard InChI is InChI=1S/C23H33F3/c1-3-4-16-5-7-17(8-6-16)18-9-11-19(12-10-18)21-14-13-20(15(2)24)22(25)23(21)26/h13-19H,3-12H2,1-2H3/i2D3,15D. The third kappa shape index (κ3) is 4.28. The van der Waals surface area contributed by atoms with Crippen LogP contribution in [0.25, 0.3) is 0 Å². The highest BCUT2D eigenvalue weighted by Crippen LogP contribution is 2.45. The minimum Gasteiger partial charge on any atom is -0.242 e. The second-order valence-electron chi connectivity index (χ2n) is 8.33. The number of alkyl halides is 1. The molecule has 0 N–H and O–H groups in total. The monoisotopic (exact) mass is 370 g/mol. The fourth-order valence-electron chi connectivity index (χ4n) is 5.31. The lowest BCUT2D eigenvalue weighted by molar-refractivity contribution is 0.156. The predicted molar refractivity (Wildman–Crippen MR) is 101 cm³/mol. The lowest BCUT2D eigenvalue weighted by atomic mass is 9.68. The summed E-state index contributed by atoms with van der Waals surface area (Å²) in [7, 11) is 0. The van der Waals surface area contributed by atoms with Crippen LogP contribution in [0.2, 0.25) is 0 Å². The summed E-state index contributed by atoms with van der Waals surface area (Å²) in [6, 6.07) is 2.22. The summed E-state index contributed by atoms with van der Waals surface area (Å²) in [5.41, 5.74) is -0.871. The molecule has 2 aliphatic carbocycles. The van der Waals surface area contributed by atoms with Crippen molar-refractivity contribution >= 4 is 0 Å². The Morgan fingerprint density at radius 2 is 1.62 bits per heavy atom. The van der Waals surface area contributed by atoms with Crippen LogP contribution >= 0.6 is 0 Å². The molecule has 0 saturated heterocycles. The molecule has 1 aromatic carbocycles. The largest absolute Gasteiger partial charge is 0.242 e. The predicted octanol–water partition coefficient (Wildman–Crippen LogP) is 7.88. The van der Waals surface area contributed by atoms with Gasteiger partial charge in [-0.05, 0) is 74.6 Å². The fourth-order valence-corrected chi connectivity index (χ4v) is 5.31. The van der Waals surface area contributed by atoms with Crippen LogP contribution in [0, 0.1) is 29.4 Å². The minimum atomic E-state index is -3.68. The number of benzene rings is 1. The van der Waals surface area contributed by atoms with Crippen molar-refractivity contribution in [3.05, 3.63) is 34.9 Å². The van der Waals surface area contributed by atoms with Gasteiger partial charge in [-0.15, -0.1) is 0 Å². The van der Waals surface area contributed by atoms with Gasteiger partial charge in [0.2, 0.25) is 0 Å². The molecule has 0 heterocycles. The van der Waals surface area contributed by atoms with Crippen molar-refractivity contribution in [2.24, 2.45) is 17.8 Å². The quantitative estimate of drug-likeness (QED) is 0.494. The topological polar surface area (TPSA) is 0 Å². The molecular weight excluding hydrogens is 333 g/mol. The SMILES string of the molecule is [2H]C([2H])([2H])C([2H])(F)c1ccc(C2CCC(C3CCC(CCC)CC3)CC2)c(F)c1F. The van der Waals surface area contributed by atoms with Crippen LogP contribution in [0.15, 0.2) is 12.1 Å². The molecule has 26 heavy (non-hydrogen) atoms. The van der Waals surface area contributed by atoms with Crippen molar-refractivity contribution in [1.29, 1.82) is 0 Å². The molecule has 2 fully saturated rings. The highest BCUT2D eigenvalue weighted by molar-refractivity contribution is 5.30. The molecule has 0 nitrogen and oxygen atoms in total. The van der Waals surface area contributed by atoms with Crippen LogP contribution in [-0.2, 0) is 0 Å². The van der Waals surface area contributed by atoms with Crippen LogP contribution < -0.4 is 0 Å². The Morgan fingerprint density at radius 1 is 1.00 bits per heavy atom. The van der Waals surface area contributed by atoms with E-state index in [0.717, 1.165) is 43.6 Å². The highest BCUT2D eigenvalue weighted by Gasteiger charge is 2.32. The normalized spacial score (nSPS) is 34.9. The van der Waals surface area contributed by atoms with Crippen LogP contribution in [0.5, 0.6) is 0 Å². The van der Waals surface area contributed by atoms with E-state index in [0.29, 0.717) is 5.92 Å². The summed E-state index contributed by atoms with van der Waals surface area (Å²) >= 11 is 0. The van der Waals surface area contributed by atoms with Crippen molar-refractivity contribution in [3.63, 3.8) is 0 Å². The first-order valence-electron chi connectivity index (χ1n) is 12.2. The van der Waals surface area contributed by atoms with Crippen molar-refractivity contribution in [2.75, 3.05) is 0 Å². The van der Waals surface area contributed by atoms with Gasteiger partial charge in [0.25, 0.3) is 0 Å². The van der Waals surface area contributed by atoms with E-state index in [4.69, 9.17) is 5.48 Å². The van der Waals surface area contributed by atoms with E-state index in [9.17, 15) is 13.2 Å². The zero-order valence-electron chi connectivity index (χ0n) is 19.7. The van der Waals surface area contributed by atoms with Gasteiger partial charge >= 0.3 is 0 Å². The molecular formula is C23H33F3. The maximum atomic E-state index is 14.7. The molecule has 3 heteroatoms. The smallest absolute Gasteiger partial charge is 0.165 e. The van der Waals surface area contributed by atoms with Crippen LogP contribution in [0.1, 0.15) is 107 Å². The van der Waals surface area contributed by atoms with Crippen LogP contribution in [0.3, 0.4) is 0 Å². The highest BCUT2D eigenvalue weighted by atomic mass is 19.2. The molecule has 2 aliphatic rings. The van der Waals surface area contributed by atoms with Gasteiger partial charge < -0.3 is 0 Å². The first kappa shape index (κ1) is 15.0. The van der Waals surface area contributed by atoms with Gasteiger partial charge in [0, 0.05) is 9.68 Å². The van der Waals surface area contributed by atoms with Crippen molar-refractivity contribution < 1.29 is 18.7 Å². The number of halogens is 3. The zero-order chi connectivity index (χ0) is 22.1. The lowest BCUT2D eigenvalue weighted by Gasteiger charge is -2.38. The summed E-state index contributed by atoms with van der Waals surface area (Å²) in [5.74, 6) is -0.649. The van der Waals surface area contributed by atoms with Gasteiger partial charge in [-0.3, -0.25) is 0 Å². The van der Waals surface area contributed by atoms with Crippen molar-refractivity contribution in [2.45, 2.75) is 90.0 Å². The Hall–Kier alpha value is -0.990. The average molecular weight is 371 g/mol. The summed E-state index contributed by atoms with van der Waals surface area (Å²) in [6.45, 7) is -1.15. The second-order valence-corrected chi connectivity index (χ2v) is 8.33. The number of hydrogen-bond acceptors (Lipinski definition) is 0. The Kier molecular flexibility index (Phi) is 5.07. The molecule has 1 unspecified atom stereocenters. The second kappa shape index (κ2) is 8.80. The number of hydrogen-bond donors (Lipinski definition) is 0. The molecule has 0 spiro atoms. The van der Waals surface area contributed by atoms with E-state index in [-0.39, 0.29) is 11.5 Å². The summed E-state index contributed by atoms with van der Waals surface area (Å²) < 4.78 is 72.4. The molecule has 0 aliphatic heterocycles. The van der Waals surface area contributed by atoms with Gasteiger partial charge in [0.05, 0.1) is 1.37 Å². The first-order chi connectivity index (χ1) is 14.1. The Labute approximate surface area is 162 Å². The van der Waals surface area contributed by atoms with E-state index in [2.05, 4.69) is 6.92 Å². The maximum Gasteiger partial charge on any atom is 0.165 e. The van der Waals surface area contributed by atoms with Crippen LogP contribution in [-0.4, -0.2) is 0 Å². The fraction of sp³-hybridized carbons (Fsp3) is 0.739. The third-order valence-corrected chi connectivity index (χ3v) is 6.82. The summed E-state index contributed by atoms with van der Waals surface area (Å²) in [4.78, 5) is 0. The molecule has 0 aromatic heterocycles. The zero-order valence-corrected chi connectivity index (χ0v) is 15.7. The number of rotatable bonds is 5. The summed E-state index contributed by atoms with van der Waals surface area (Å²) in [5, 5.41) is 0.